The van der Waals surface area contributed by atoms with Crippen LogP contribution in [0.15, 0.2) is 29.2 Å². The van der Waals surface area contributed by atoms with E-state index in [4.69, 9.17) is 10.5 Å². The molecule has 0 radical (unpaired) electrons. The Morgan fingerprint density at radius 3 is 2.35 bits per heavy atom. The van der Waals surface area contributed by atoms with Crippen molar-refractivity contribution >= 4 is 10.0 Å². The van der Waals surface area contributed by atoms with Gasteiger partial charge in [-0.05, 0) is 57.5 Å². The third-order valence-electron chi connectivity index (χ3n) is 2.68. The molecule has 5 nitrogen and oxygen atoms in total. The first-order valence-corrected chi connectivity index (χ1v) is 8.40. The molecule has 0 aromatic heterocycles. The van der Waals surface area contributed by atoms with E-state index >= 15 is 0 Å². The molecule has 1 rings (SSSR count). The second-order valence-corrected chi connectivity index (χ2v) is 6.65. The summed E-state index contributed by atoms with van der Waals surface area (Å²) in [6.07, 6.45) is 2.71. The minimum absolute atomic E-state index is 0.0677. The summed E-state index contributed by atoms with van der Waals surface area (Å²) in [5.41, 5.74) is 5.39. The zero-order valence-corrected chi connectivity index (χ0v) is 12.9. The van der Waals surface area contributed by atoms with Gasteiger partial charge in [0.15, 0.2) is 0 Å². The molecule has 0 bridgehead atoms. The van der Waals surface area contributed by atoms with E-state index in [9.17, 15) is 8.42 Å². The van der Waals surface area contributed by atoms with Crippen LogP contribution in [0.25, 0.3) is 0 Å². The standard InChI is InChI=1S/C14H24N2O3S/c1-12(2)19-13-6-8-14(9-7-13)20(17,18)16-11-5-3-4-10-15/h6-9,12,16H,3-5,10-11,15H2,1-2H3. The van der Waals surface area contributed by atoms with Crippen molar-refractivity contribution in [3.8, 4) is 5.75 Å². The molecule has 0 saturated carbocycles. The Morgan fingerprint density at radius 2 is 1.80 bits per heavy atom. The lowest BCUT2D eigenvalue weighted by atomic mass is 10.2. The quantitative estimate of drug-likeness (QED) is 0.682. The zero-order valence-electron chi connectivity index (χ0n) is 12.1. The van der Waals surface area contributed by atoms with Crippen molar-refractivity contribution in [1.82, 2.24) is 4.72 Å². The van der Waals surface area contributed by atoms with Gasteiger partial charge < -0.3 is 10.5 Å². The third-order valence-corrected chi connectivity index (χ3v) is 4.16. The molecule has 0 atom stereocenters. The number of nitrogens with one attached hydrogen (secondary N) is 1. The Balaban J connectivity index is 2.54. The summed E-state index contributed by atoms with van der Waals surface area (Å²) in [5, 5.41) is 0. The van der Waals surface area contributed by atoms with Gasteiger partial charge in [0.2, 0.25) is 10.0 Å². The number of nitrogens with two attached hydrogens (primary N) is 1. The summed E-state index contributed by atoms with van der Waals surface area (Å²) < 4.78 is 32.1. The lowest BCUT2D eigenvalue weighted by Crippen LogP contribution is -2.24. The fourth-order valence-electron chi connectivity index (χ4n) is 1.71. The first-order valence-electron chi connectivity index (χ1n) is 6.92. The largest absolute Gasteiger partial charge is 0.491 e. The molecular weight excluding hydrogens is 276 g/mol. The highest BCUT2D eigenvalue weighted by atomic mass is 32.2. The van der Waals surface area contributed by atoms with E-state index in [0.29, 0.717) is 18.8 Å². The average Bonchev–Trinajstić information content (AvgIpc) is 2.38. The maximum Gasteiger partial charge on any atom is 0.240 e. The highest BCUT2D eigenvalue weighted by Crippen LogP contribution is 2.17. The molecule has 114 valence electrons. The van der Waals surface area contributed by atoms with E-state index in [1.807, 2.05) is 13.8 Å². The van der Waals surface area contributed by atoms with Gasteiger partial charge in [-0.2, -0.15) is 0 Å². The maximum absolute atomic E-state index is 12.0. The Hall–Kier alpha value is -1.11. The van der Waals surface area contributed by atoms with Crippen molar-refractivity contribution in [1.29, 1.82) is 0 Å². The lowest BCUT2D eigenvalue weighted by molar-refractivity contribution is 0.242. The molecule has 0 heterocycles. The molecule has 0 aliphatic heterocycles. The van der Waals surface area contributed by atoms with Crippen LogP contribution < -0.4 is 15.2 Å². The van der Waals surface area contributed by atoms with Crippen LogP contribution in [-0.4, -0.2) is 27.6 Å². The van der Waals surface area contributed by atoms with Gasteiger partial charge in [-0.25, -0.2) is 13.1 Å². The SMILES string of the molecule is CC(C)Oc1ccc(S(=O)(=O)NCCCCCN)cc1. The molecule has 0 unspecified atom stereocenters. The predicted octanol–water partition coefficient (Wildman–Crippen LogP) is 1.88. The van der Waals surface area contributed by atoms with Crippen LogP contribution in [-0.2, 0) is 10.0 Å². The molecule has 1 aromatic rings. The van der Waals surface area contributed by atoms with Gasteiger partial charge in [0.1, 0.15) is 5.75 Å². The number of sulfonamides is 1. The van der Waals surface area contributed by atoms with Crippen molar-refractivity contribution in [2.45, 2.75) is 44.1 Å². The number of hydrogen-bond acceptors (Lipinski definition) is 4. The van der Waals surface area contributed by atoms with E-state index in [0.717, 1.165) is 19.3 Å². The molecule has 0 saturated heterocycles. The molecule has 0 spiro atoms. The second kappa shape index (κ2) is 8.24. The van der Waals surface area contributed by atoms with Gasteiger partial charge in [0.05, 0.1) is 11.0 Å². The second-order valence-electron chi connectivity index (χ2n) is 4.89. The lowest BCUT2D eigenvalue weighted by Gasteiger charge is -2.11. The fraction of sp³-hybridized carbons (Fsp3) is 0.571. The van der Waals surface area contributed by atoms with Gasteiger partial charge in [-0.15, -0.1) is 0 Å². The number of hydrogen-bond donors (Lipinski definition) is 2. The van der Waals surface area contributed by atoms with E-state index in [-0.39, 0.29) is 11.0 Å². The van der Waals surface area contributed by atoms with Gasteiger partial charge in [0, 0.05) is 6.54 Å². The average molecular weight is 300 g/mol. The molecule has 1 aromatic carbocycles. The molecule has 20 heavy (non-hydrogen) atoms. The molecule has 6 heteroatoms. The maximum atomic E-state index is 12.0. The summed E-state index contributed by atoms with van der Waals surface area (Å²) >= 11 is 0. The molecule has 0 fully saturated rings. The zero-order chi connectivity index (χ0) is 15.0. The van der Waals surface area contributed by atoms with Gasteiger partial charge in [0.25, 0.3) is 0 Å². The summed E-state index contributed by atoms with van der Waals surface area (Å²) in [4.78, 5) is 0.257. The highest BCUT2D eigenvalue weighted by molar-refractivity contribution is 7.89. The molecule has 0 aliphatic carbocycles. The van der Waals surface area contributed by atoms with E-state index < -0.39 is 10.0 Å². The van der Waals surface area contributed by atoms with Crippen LogP contribution in [0.1, 0.15) is 33.1 Å². The van der Waals surface area contributed by atoms with Crippen molar-refractivity contribution in [2.24, 2.45) is 5.73 Å². The predicted molar refractivity (Wildman–Crippen MR) is 80.3 cm³/mol. The van der Waals surface area contributed by atoms with Gasteiger partial charge in [-0.1, -0.05) is 6.42 Å². The number of rotatable bonds is 9. The fourth-order valence-corrected chi connectivity index (χ4v) is 2.78. The number of unbranched alkanes of at least 4 members (excludes halogenated alkanes) is 2. The topological polar surface area (TPSA) is 81.4 Å². The third kappa shape index (κ3) is 5.90. The summed E-state index contributed by atoms with van der Waals surface area (Å²) in [6, 6.07) is 6.45. The van der Waals surface area contributed by atoms with Crippen LogP contribution in [0, 0.1) is 0 Å². The number of ether oxygens (including phenoxy) is 1. The van der Waals surface area contributed by atoms with E-state index in [1.165, 1.54) is 0 Å². The first kappa shape index (κ1) is 16.9. The van der Waals surface area contributed by atoms with Crippen LogP contribution >= 0.6 is 0 Å². The smallest absolute Gasteiger partial charge is 0.240 e. The molecule has 3 N–H and O–H groups in total. The summed E-state index contributed by atoms with van der Waals surface area (Å²) in [6.45, 7) is 4.93. The summed E-state index contributed by atoms with van der Waals surface area (Å²) in [7, 11) is -3.43. The van der Waals surface area contributed by atoms with Gasteiger partial charge in [-0.3, -0.25) is 0 Å². The minimum atomic E-state index is -3.43. The van der Waals surface area contributed by atoms with Crippen molar-refractivity contribution in [3.05, 3.63) is 24.3 Å². The van der Waals surface area contributed by atoms with Crippen molar-refractivity contribution in [2.75, 3.05) is 13.1 Å². The van der Waals surface area contributed by atoms with E-state index in [2.05, 4.69) is 4.72 Å². The number of benzene rings is 1. The normalized spacial score (nSPS) is 11.8. The minimum Gasteiger partial charge on any atom is -0.491 e. The Kier molecular flexibility index (Phi) is 6.98. The Bertz CT molecular complexity index is 484. The summed E-state index contributed by atoms with van der Waals surface area (Å²) in [5.74, 6) is 0.668. The Labute approximate surface area is 121 Å². The van der Waals surface area contributed by atoms with E-state index in [1.54, 1.807) is 24.3 Å². The van der Waals surface area contributed by atoms with Crippen LogP contribution in [0.4, 0.5) is 0 Å². The highest BCUT2D eigenvalue weighted by Gasteiger charge is 2.13. The van der Waals surface area contributed by atoms with Crippen molar-refractivity contribution < 1.29 is 13.2 Å². The molecular formula is C14H24N2O3S. The van der Waals surface area contributed by atoms with Gasteiger partial charge >= 0.3 is 0 Å². The molecule has 0 aliphatic rings. The first-order chi connectivity index (χ1) is 9.45. The molecule has 0 amide bonds. The van der Waals surface area contributed by atoms with Crippen LogP contribution in [0.5, 0.6) is 5.75 Å². The van der Waals surface area contributed by atoms with Crippen LogP contribution in [0.2, 0.25) is 0 Å². The van der Waals surface area contributed by atoms with Crippen LogP contribution in [0.3, 0.4) is 0 Å². The van der Waals surface area contributed by atoms with Crippen molar-refractivity contribution in [3.63, 3.8) is 0 Å². The monoisotopic (exact) mass is 300 g/mol. The Morgan fingerprint density at radius 1 is 1.15 bits per heavy atom.